The van der Waals surface area contributed by atoms with Crippen molar-refractivity contribution in [3.05, 3.63) is 145 Å². The summed E-state index contributed by atoms with van der Waals surface area (Å²) in [5.74, 6) is 0. The second-order valence-electron chi connectivity index (χ2n) is 11.8. The van der Waals surface area contributed by atoms with Gasteiger partial charge in [0.2, 0.25) is 0 Å². The third-order valence-electron chi connectivity index (χ3n) is 9.28. The molecule has 0 saturated carbocycles. The number of rotatable bonds is 2. The Morgan fingerprint density at radius 2 is 0.976 bits per heavy atom. The molecular formula is C39H28N2. The molecule has 8 aromatic rings. The first-order valence-electron chi connectivity index (χ1n) is 14.4. The number of hydrogen-bond donors (Lipinski definition) is 0. The molecule has 41 heavy (non-hydrogen) atoms. The summed E-state index contributed by atoms with van der Waals surface area (Å²) in [6.45, 7) is 4.76. The average Bonchev–Trinajstić information content (AvgIpc) is 3.61. The van der Waals surface area contributed by atoms with Gasteiger partial charge in [-0.25, -0.2) is 0 Å². The highest BCUT2D eigenvalue weighted by atomic mass is 15.0. The van der Waals surface area contributed by atoms with Crippen LogP contribution in [0.15, 0.2) is 133 Å². The highest BCUT2D eigenvalue weighted by Crippen LogP contribution is 2.53. The second-order valence-corrected chi connectivity index (χ2v) is 11.8. The Bertz CT molecular complexity index is 2290. The van der Waals surface area contributed by atoms with Crippen molar-refractivity contribution in [1.82, 2.24) is 9.13 Å². The monoisotopic (exact) mass is 524 g/mol. The smallest absolute Gasteiger partial charge is 0.0544 e. The van der Waals surface area contributed by atoms with Gasteiger partial charge in [-0.2, -0.15) is 0 Å². The molecule has 9 rings (SSSR count). The third-order valence-corrected chi connectivity index (χ3v) is 9.28. The second kappa shape index (κ2) is 7.99. The largest absolute Gasteiger partial charge is 0.309 e. The molecular weight excluding hydrogens is 496 g/mol. The highest BCUT2D eigenvalue weighted by molar-refractivity contribution is 6.14. The summed E-state index contributed by atoms with van der Waals surface area (Å²) in [6.07, 6.45) is 0. The van der Waals surface area contributed by atoms with Gasteiger partial charge in [-0.05, 0) is 64.7 Å². The topological polar surface area (TPSA) is 9.86 Å². The summed E-state index contributed by atoms with van der Waals surface area (Å²) >= 11 is 0. The molecule has 1 aliphatic carbocycles. The van der Waals surface area contributed by atoms with Crippen LogP contribution in [0.3, 0.4) is 0 Å². The van der Waals surface area contributed by atoms with Crippen LogP contribution < -0.4 is 0 Å². The summed E-state index contributed by atoms with van der Waals surface area (Å²) in [7, 11) is 0. The van der Waals surface area contributed by atoms with Crippen molar-refractivity contribution in [1.29, 1.82) is 0 Å². The fraction of sp³-hybridized carbons (Fsp3) is 0.0769. The third kappa shape index (κ3) is 2.92. The van der Waals surface area contributed by atoms with Crippen LogP contribution in [-0.2, 0) is 5.41 Å². The molecule has 0 spiro atoms. The number of para-hydroxylation sites is 3. The van der Waals surface area contributed by atoms with Crippen molar-refractivity contribution in [2.24, 2.45) is 0 Å². The van der Waals surface area contributed by atoms with E-state index in [9.17, 15) is 0 Å². The highest BCUT2D eigenvalue weighted by Gasteiger charge is 2.37. The van der Waals surface area contributed by atoms with E-state index in [-0.39, 0.29) is 5.41 Å². The van der Waals surface area contributed by atoms with Gasteiger partial charge in [0.15, 0.2) is 0 Å². The average molecular weight is 525 g/mol. The lowest BCUT2D eigenvalue weighted by molar-refractivity contribution is 0.666. The van der Waals surface area contributed by atoms with Crippen LogP contribution in [0.25, 0.3) is 66.1 Å². The summed E-state index contributed by atoms with van der Waals surface area (Å²) in [5.41, 5.74) is 12.8. The fourth-order valence-corrected chi connectivity index (χ4v) is 7.58. The predicted octanol–water partition coefficient (Wildman–Crippen LogP) is 10.2. The Morgan fingerprint density at radius 3 is 1.66 bits per heavy atom. The van der Waals surface area contributed by atoms with Crippen LogP contribution in [0, 0.1) is 0 Å². The maximum Gasteiger partial charge on any atom is 0.0544 e. The van der Waals surface area contributed by atoms with Gasteiger partial charge in [-0.3, -0.25) is 0 Å². The normalized spacial score (nSPS) is 13.8. The van der Waals surface area contributed by atoms with Crippen LogP contribution in [0.5, 0.6) is 0 Å². The zero-order valence-electron chi connectivity index (χ0n) is 23.1. The first kappa shape index (κ1) is 22.7. The van der Waals surface area contributed by atoms with Crippen molar-refractivity contribution < 1.29 is 0 Å². The Kier molecular flexibility index (Phi) is 4.42. The fourth-order valence-electron chi connectivity index (χ4n) is 7.58. The Morgan fingerprint density at radius 1 is 0.439 bits per heavy atom. The van der Waals surface area contributed by atoms with E-state index in [1.54, 1.807) is 0 Å². The van der Waals surface area contributed by atoms with Crippen LogP contribution >= 0.6 is 0 Å². The SMILES string of the molecule is CC1(C)c2ccccc2-c2ccc3c(c21)c1ccccc1n3-c1cccc(-n2c3ccccc3c3ccccc32)c1. The molecule has 0 unspecified atom stereocenters. The van der Waals surface area contributed by atoms with Crippen LogP contribution in [-0.4, -0.2) is 9.13 Å². The standard InChI is InChI=1S/C39H28N2/c1-39(2)32-18-7-3-14-27(32)30-22-23-36-37(38(30)39)31-17-6-10-21-35(31)41(36)26-13-11-12-25(24-26)40-33-19-8-4-15-28(33)29-16-5-9-20-34(29)40/h3-24H,1-2H3. The van der Waals surface area contributed by atoms with Gasteiger partial charge in [0.05, 0.1) is 22.1 Å². The minimum absolute atomic E-state index is 0.0782. The van der Waals surface area contributed by atoms with Gasteiger partial charge in [-0.15, -0.1) is 0 Å². The lowest BCUT2D eigenvalue weighted by Gasteiger charge is -2.22. The Labute approximate surface area is 238 Å². The predicted molar refractivity (Wildman–Crippen MR) is 173 cm³/mol. The van der Waals surface area contributed by atoms with E-state index in [0.29, 0.717) is 0 Å². The Balaban J connectivity index is 1.35. The van der Waals surface area contributed by atoms with Crippen LogP contribution in [0.2, 0.25) is 0 Å². The molecule has 6 aromatic carbocycles. The molecule has 2 heterocycles. The molecule has 0 N–H and O–H groups in total. The molecule has 1 aliphatic rings. The molecule has 0 aliphatic heterocycles. The number of aromatic nitrogens is 2. The number of nitrogens with zero attached hydrogens (tertiary/aromatic N) is 2. The first-order chi connectivity index (χ1) is 20.1. The molecule has 2 nitrogen and oxygen atoms in total. The quantitative estimate of drug-likeness (QED) is 0.213. The van der Waals surface area contributed by atoms with E-state index in [4.69, 9.17) is 0 Å². The zero-order chi connectivity index (χ0) is 27.3. The molecule has 194 valence electrons. The first-order valence-corrected chi connectivity index (χ1v) is 14.4. The summed E-state index contributed by atoms with van der Waals surface area (Å²) in [5, 5.41) is 5.23. The molecule has 0 saturated heterocycles. The van der Waals surface area contributed by atoms with Gasteiger partial charge in [-0.1, -0.05) is 105 Å². The van der Waals surface area contributed by atoms with Crippen LogP contribution in [0.1, 0.15) is 25.0 Å². The van der Waals surface area contributed by atoms with Crippen molar-refractivity contribution in [2.45, 2.75) is 19.3 Å². The summed E-state index contributed by atoms with van der Waals surface area (Å²) < 4.78 is 4.86. The van der Waals surface area contributed by atoms with Gasteiger partial charge < -0.3 is 9.13 Å². The van der Waals surface area contributed by atoms with E-state index < -0.39 is 0 Å². The number of hydrogen-bond acceptors (Lipinski definition) is 0. The van der Waals surface area contributed by atoms with Crippen molar-refractivity contribution in [2.75, 3.05) is 0 Å². The van der Waals surface area contributed by atoms with E-state index in [0.717, 1.165) is 0 Å². The van der Waals surface area contributed by atoms with E-state index >= 15 is 0 Å². The van der Waals surface area contributed by atoms with Crippen molar-refractivity contribution in [3.8, 4) is 22.5 Å². The van der Waals surface area contributed by atoms with E-state index in [1.165, 1.54) is 77.2 Å². The van der Waals surface area contributed by atoms with Gasteiger partial charge in [0.1, 0.15) is 0 Å². The van der Waals surface area contributed by atoms with Crippen molar-refractivity contribution in [3.63, 3.8) is 0 Å². The number of fused-ring (bicyclic) bond motifs is 10. The maximum atomic E-state index is 2.46. The minimum Gasteiger partial charge on any atom is -0.309 e. The zero-order valence-corrected chi connectivity index (χ0v) is 23.1. The summed E-state index contributed by atoms with van der Waals surface area (Å²) in [4.78, 5) is 0. The Hall–Kier alpha value is -5.08. The van der Waals surface area contributed by atoms with Gasteiger partial charge in [0.25, 0.3) is 0 Å². The van der Waals surface area contributed by atoms with Gasteiger partial charge >= 0.3 is 0 Å². The van der Waals surface area contributed by atoms with E-state index in [2.05, 4.69) is 156 Å². The molecule has 0 amide bonds. The molecule has 0 bridgehead atoms. The molecule has 0 fully saturated rings. The molecule has 0 atom stereocenters. The maximum absolute atomic E-state index is 2.46. The summed E-state index contributed by atoms with van der Waals surface area (Å²) in [6, 6.07) is 49.0. The van der Waals surface area contributed by atoms with Crippen LogP contribution in [0.4, 0.5) is 0 Å². The van der Waals surface area contributed by atoms with E-state index in [1.807, 2.05) is 0 Å². The molecule has 2 heteroatoms. The molecule has 0 radical (unpaired) electrons. The lowest BCUT2D eigenvalue weighted by Crippen LogP contribution is -2.15. The minimum atomic E-state index is -0.0782. The van der Waals surface area contributed by atoms with Gasteiger partial charge in [0, 0.05) is 38.3 Å². The molecule has 2 aromatic heterocycles. The lowest BCUT2D eigenvalue weighted by atomic mass is 9.80. The number of benzene rings is 6. The van der Waals surface area contributed by atoms with Crippen molar-refractivity contribution >= 4 is 43.6 Å².